The lowest BCUT2D eigenvalue weighted by Crippen LogP contribution is -2.25. The second-order valence-electron chi connectivity index (χ2n) is 6.58. The molecule has 2 nitrogen and oxygen atoms in total. The summed E-state index contributed by atoms with van der Waals surface area (Å²) >= 11 is 0. The lowest BCUT2D eigenvalue weighted by molar-refractivity contribution is 0.409. The number of benzene rings is 1. The molecule has 0 aliphatic carbocycles. The molecular weight excluding hydrogens is 280 g/mol. The highest BCUT2D eigenvalue weighted by atomic mass is 15.2. The average molecular weight is 310 g/mol. The van der Waals surface area contributed by atoms with Crippen LogP contribution in [-0.4, -0.2) is 17.2 Å². The van der Waals surface area contributed by atoms with Gasteiger partial charge in [-0.05, 0) is 69.2 Å². The number of unbranched alkanes of at least 4 members (excludes halogenated alkanes) is 1. The first-order valence-corrected chi connectivity index (χ1v) is 8.79. The number of allylic oxidation sites excluding steroid dienone is 2. The average Bonchev–Trinajstić information content (AvgIpc) is 2.50. The third-order valence-corrected chi connectivity index (χ3v) is 4.59. The summed E-state index contributed by atoms with van der Waals surface area (Å²) in [5, 5.41) is 0. The highest BCUT2D eigenvalue weighted by Gasteiger charge is 2.14. The van der Waals surface area contributed by atoms with Gasteiger partial charge in [0.2, 0.25) is 0 Å². The van der Waals surface area contributed by atoms with Crippen LogP contribution in [0, 0.1) is 13.8 Å². The second-order valence-corrected chi connectivity index (χ2v) is 6.58. The minimum absolute atomic E-state index is 0.902. The highest BCUT2D eigenvalue weighted by Crippen LogP contribution is 2.21. The molecule has 0 radical (unpaired) electrons. The van der Waals surface area contributed by atoms with Gasteiger partial charge in [-0.2, -0.15) is 0 Å². The highest BCUT2D eigenvalue weighted by molar-refractivity contribution is 5.96. The van der Waals surface area contributed by atoms with Crippen LogP contribution in [0.4, 0.5) is 0 Å². The summed E-state index contributed by atoms with van der Waals surface area (Å²) in [5.74, 6) is 0.902. The van der Waals surface area contributed by atoms with Gasteiger partial charge in [-0.3, -0.25) is 0 Å². The maximum Gasteiger partial charge on any atom is 0.125 e. The Morgan fingerprint density at radius 3 is 2.48 bits per heavy atom. The molecular formula is C21H30N2. The molecule has 1 aromatic rings. The predicted octanol–water partition coefficient (Wildman–Crippen LogP) is 5.56. The Labute approximate surface area is 141 Å². The molecule has 0 aromatic heterocycles. The SMILES string of the molecule is C=C1N=C(CCCc2ccc(C)c(C)c2)C=C(C)N1CCCC. The van der Waals surface area contributed by atoms with Crippen molar-refractivity contribution < 1.29 is 0 Å². The molecule has 1 aliphatic rings. The van der Waals surface area contributed by atoms with E-state index < -0.39 is 0 Å². The molecule has 0 amide bonds. The van der Waals surface area contributed by atoms with Gasteiger partial charge in [-0.25, -0.2) is 4.99 Å². The van der Waals surface area contributed by atoms with Gasteiger partial charge in [0.05, 0.1) is 0 Å². The monoisotopic (exact) mass is 310 g/mol. The molecule has 0 fully saturated rings. The summed E-state index contributed by atoms with van der Waals surface area (Å²) in [6.45, 7) is 13.9. The minimum atomic E-state index is 0.902. The van der Waals surface area contributed by atoms with E-state index in [2.05, 4.69) is 63.4 Å². The van der Waals surface area contributed by atoms with E-state index in [0.717, 1.165) is 31.6 Å². The third kappa shape index (κ3) is 4.82. The van der Waals surface area contributed by atoms with Gasteiger partial charge in [0.25, 0.3) is 0 Å². The molecule has 1 heterocycles. The van der Waals surface area contributed by atoms with Gasteiger partial charge < -0.3 is 4.90 Å². The summed E-state index contributed by atoms with van der Waals surface area (Å²) in [7, 11) is 0. The predicted molar refractivity (Wildman–Crippen MR) is 101 cm³/mol. The van der Waals surface area contributed by atoms with Crippen LogP contribution in [0.2, 0.25) is 0 Å². The van der Waals surface area contributed by atoms with E-state index in [1.165, 1.54) is 40.9 Å². The van der Waals surface area contributed by atoms with Crippen LogP contribution in [0.15, 0.2) is 47.4 Å². The van der Waals surface area contributed by atoms with E-state index in [9.17, 15) is 0 Å². The minimum Gasteiger partial charge on any atom is -0.331 e. The van der Waals surface area contributed by atoms with Crippen molar-refractivity contribution in [3.63, 3.8) is 0 Å². The van der Waals surface area contributed by atoms with E-state index in [1.54, 1.807) is 0 Å². The van der Waals surface area contributed by atoms with Gasteiger partial charge in [0, 0.05) is 18.0 Å². The molecule has 2 heteroatoms. The van der Waals surface area contributed by atoms with Crippen molar-refractivity contribution in [2.75, 3.05) is 6.54 Å². The van der Waals surface area contributed by atoms with Crippen LogP contribution >= 0.6 is 0 Å². The number of aliphatic imine (C=N–C) groups is 1. The Hall–Kier alpha value is -1.83. The lowest BCUT2D eigenvalue weighted by Gasteiger charge is -2.28. The van der Waals surface area contributed by atoms with Gasteiger partial charge in [0.1, 0.15) is 5.82 Å². The Bertz CT molecular complexity index is 623. The van der Waals surface area contributed by atoms with Gasteiger partial charge in [-0.15, -0.1) is 0 Å². The molecule has 1 aromatic carbocycles. The van der Waals surface area contributed by atoms with Gasteiger partial charge in [0.15, 0.2) is 0 Å². The summed E-state index contributed by atoms with van der Waals surface area (Å²) < 4.78 is 0. The van der Waals surface area contributed by atoms with E-state index in [-0.39, 0.29) is 0 Å². The van der Waals surface area contributed by atoms with Crippen LogP contribution in [0.5, 0.6) is 0 Å². The second kappa shape index (κ2) is 8.14. The Morgan fingerprint density at radius 2 is 1.83 bits per heavy atom. The molecule has 0 N–H and O–H groups in total. The van der Waals surface area contributed by atoms with Crippen molar-refractivity contribution in [3.8, 4) is 0 Å². The molecule has 0 spiro atoms. The Balaban J connectivity index is 1.89. The van der Waals surface area contributed by atoms with Crippen LogP contribution in [-0.2, 0) is 6.42 Å². The topological polar surface area (TPSA) is 15.6 Å². The zero-order chi connectivity index (χ0) is 16.8. The largest absolute Gasteiger partial charge is 0.331 e. The van der Waals surface area contributed by atoms with E-state index in [0.29, 0.717) is 0 Å². The van der Waals surface area contributed by atoms with Crippen LogP contribution in [0.25, 0.3) is 0 Å². The maximum atomic E-state index is 4.70. The van der Waals surface area contributed by atoms with E-state index >= 15 is 0 Å². The first kappa shape index (κ1) is 17.5. The Kier molecular flexibility index (Phi) is 6.20. The standard InChI is InChI=1S/C21H30N2/c1-6-7-13-23-18(4)15-21(22-19(23)5)10-8-9-20-12-11-16(2)17(3)14-20/h11-12,14-15H,5-10,13H2,1-4H3. The zero-order valence-electron chi connectivity index (χ0n) is 15.2. The van der Waals surface area contributed by atoms with E-state index in [1.807, 2.05) is 0 Å². The lowest BCUT2D eigenvalue weighted by atomic mass is 10.0. The van der Waals surface area contributed by atoms with Crippen molar-refractivity contribution >= 4 is 5.71 Å². The number of hydrogen-bond acceptors (Lipinski definition) is 2. The smallest absolute Gasteiger partial charge is 0.125 e. The summed E-state index contributed by atoms with van der Waals surface area (Å²) in [4.78, 5) is 6.93. The summed E-state index contributed by atoms with van der Waals surface area (Å²) in [6, 6.07) is 6.78. The number of rotatable bonds is 7. The number of hydrogen-bond donors (Lipinski definition) is 0. The van der Waals surface area contributed by atoms with Crippen molar-refractivity contribution in [3.05, 3.63) is 59.1 Å². The molecule has 0 saturated carbocycles. The quantitative estimate of drug-likeness (QED) is 0.644. The zero-order valence-corrected chi connectivity index (χ0v) is 15.2. The number of aryl methyl sites for hydroxylation is 3. The fourth-order valence-electron chi connectivity index (χ4n) is 2.96. The molecule has 0 atom stereocenters. The van der Waals surface area contributed by atoms with Crippen molar-refractivity contribution in [2.45, 2.75) is 59.8 Å². The molecule has 0 unspecified atom stereocenters. The van der Waals surface area contributed by atoms with E-state index in [4.69, 9.17) is 4.99 Å². The number of nitrogens with zero attached hydrogens (tertiary/aromatic N) is 2. The molecule has 23 heavy (non-hydrogen) atoms. The van der Waals surface area contributed by atoms with Crippen molar-refractivity contribution in [1.29, 1.82) is 0 Å². The maximum absolute atomic E-state index is 4.70. The summed E-state index contributed by atoms with van der Waals surface area (Å²) in [6.07, 6.45) is 7.87. The summed E-state index contributed by atoms with van der Waals surface area (Å²) in [5.41, 5.74) is 6.62. The fourth-order valence-corrected chi connectivity index (χ4v) is 2.96. The van der Waals surface area contributed by atoms with Crippen LogP contribution < -0.4 is 0 Å². The van der Waals surface area contributed by atoms with Crippen molar-refractivity contribution in [1.82, 2.24) is 4.90 Å². The molecule has 0 bridgehead atoms. The fraction of sp³-hybridized carbons (Fsp3) is 0.476. The molecule has 1 aliphatic heterocycles. The Morgan fingerprint density at radius 1 is 1.04 bits per heavy atom. The molecule has 2 rings (SSSR count). The van der Waals surface area contributed by atoms with Crippen LogP contribution in [0.3, 0.4) is 0 Å². The van der Waals surface area contributed by atoms with Gasteiger partial charge >= 0.3 is 0 Å². The first-order chi connectivity index (χ1) is 11.0. The van der Waals surface area contributed by atoms with Crippen LogP contribution in [0.1, 0.15) is 56.2 Å². The van der Waals surface area contributed by atoms with Gasteiger partial charge in [-0.1, -0.05) is 38.1 Å². The first-order valence-electron chi connectivity index (χ1n) is 8.79. The normalized spacial score (nSPS) is 14.8. The molecule has 0 saturated heterocycles. The third-order valence-electron chi connectivity index (χ3n) is 4.59. The van der Waals surface area contributed by atoms with Crippen molar-refractivity contribution in [2.24, 2.45) is 4.99 Å². The molecule has 124 valence electrons.